The number of hydrogen-bond acceptors (Lipinski definition) is 4. The summed E-state index contributed by atoms with van der Waals surface area (Å²) >= 11 is 1.10. The molecule has 0 bridgehead atoms. The molecule has 0 aliphatic heterocycles. The Bertz CT molecular complexity index is 540. The molecule has 2 rings (SSSR count). The Morgan fingerprint density at radius 2 is 2.05 bits per heavy atom. The average Bonchev–Trinajstić information content (AvgIpc) is 2.92. The largest absolute Gasteiger partial charge is 0.416 e. The monoisotopic (exact) mass is 301 g/mol. The Balaban J connectivity index is 2.44. The van der Waals surface area contributed by atoms with Crippen LogP contribution in [0.15, 0.2) is 30.5 Å². The molecule has 2 aromatic rings. The van der Waals surface area contributed by atoms with Crippen LogP contribution in [0.4, 0.5) is 13.2 Å². The van der Waals surface area contributed by atoms with E-state index >= 15 is 0 Å². The zero-order chi connectivity index (χ0) is 14.6. The molecule has 1 N–H and O–H groups in total. The van der Waals surface area contributed by atoms with Gasteiger partial charge in [0.2, 0.25) is 0 Å². The molecule has 1 atom stereocenters. The van der Waals surface area contributed by atoms with Crippen molar-refractivity contribution in [1.29, 1.82) is 0 Å². The molecule has 1 unspecified atom stereocenters. The van der Waals surface area contributed by atoms with Crippen molar-refractivity contribution in [1.82, 2.24) is 14.9 Å². The summed E-state index contributed by atoms with van der Waals surface area (Å²) in [6, 6.07) is 5.07. The molecule has 0 aliphatic carbocycles. The van der Waals surface area contributed by atoms with Crippen molar-refractivity contribution >= 4 is 11.5 Å². The lowest BCUT2D eigenvalue weighted by atomic mass is 9.99. The van der Waals surface area contributed by atoms with Gasteiger partial charge in [0, 0.05) is 0 Å². The number of alkyl halides is 3. The van der Waals surface area contributed by atoms with E-state index in [2.05, 4.69) is 14.9 Å². The maximum atomic E-state index is 13.1. The van der Waals surface area contributed by atoms with Crippen molar-refractivity contribution in [2.45, 2.75) is 25.6 Å². The van der Waals surface area contributed by atoms with E-state index in [1.807, 2.05) is 6.92 Å². The first-order valence-electron chi connectivity index (χ1n) is 6.20. The van der Waals surface area contributed by atoms with Crippen molar-refractivity contribution < 1.29 is 13.2 Å². The lowest BCUT2D eigenvalue weighted by Crippen LogP contribution is -2.25. The molecule has 20 heavy (non-hydrogen) atoms. The van der Waals surface area contributed by atoms with Crippen molar-refractivity contribution in [3.63, 3.8) is 0 Å². The van der Waals surface area contributed by atoms with Gasteiger partial charge in [-0.2, -0.15) is 13.2 Å². The molecule has 0 radical (unpaired) electrons. The summed E-state index contributed by atoms with van der Waals surface area (Å²) in [6.45, 7) is 2.58. The smallest absolute Gasteiger partial charge is 0.305 e. The lowest BCUT2D eigenvalue weighted by molar-refractivity contribution is -0.138. The van der Waals surface area contributed by atoms with Gasteiger partial charge in [-0.1, -0.05) is 29.6 Å². The zero-order valence-corrected chi connectivity index (χ0v) is 11.6. The van der Waals surface area contributed by atoms with Gasteiger partial charge in [0.05, 0.1) is 22.7 Å². The molecular weight excluding hydrogens is 287 g/mol. The Hall–Kier alpha value is -1.47. The SMILES string of the molecule is CCCNC(c1cnns1)c1ccccc1C(F)(F)F. The zero-order valence-electron chi connectivity index (χ0n) is 10.8. The minimum Gasteiger partial charge on any atom is -0.305 e. The van der Waals surface area contributed by atoms with Crippen LogP contribution in [0.1, 0.15) is 35.4 Å². The summed E-state index contributed by atoms with van der Waals surface area (Å²) in [5.41, 5.74) is -0.415. The molecule has 3 nitrogen and oxygen atoms in total. The normalized spacial score (nSPS) is 13.4. The van der Waals surface area contributed by atoms with Gasteiger partial charge in [-0.3, -0.25) is 0 Å². The van der Waals surface area contributed by atoms with Gasteiger partial charge in [-0.15, -0.1) is 5.10 Å². The fourth-order valence-electron chi connectivity index (χ4n) is 1.96. The van der Waals surface area contributed by atoms with E-state index in [1.54, 1.807) is 6.07 Å². The molecule has 1 heterocycles. The number of rotatable bonds is 5. The predicted octanol–water partition coefficient (Wildman–Crippen LogP) is 3.65. The Morgan fingerprint density at radius 3 is 2.65 bits per heavy atom. The summed E-state index contributed by atoms with van der Waals surface area (Å²) in [7, 11) is 0. The van der Waals surface area contributed by atoms with Crippen molar-refractivity contribution in [3.05, 3.63) is 46.5 Å². The first-order chi connectivity index (χ1) is 9.54. The number of nitrogens with zero attached hydrogens (tertiary/aromatic N) is 2. The summed E-state index contributed by atoms with van der Waals surface area (Å²) in [6.07, 6.45) is -2.04. The number of benzene rings is 1. The maximum absolute atomic E-state index is 13.1. The van der Waals surface area contributed by atoms with Crippen LogP contribution in [0.5, 0.6) is 0 Å². The van der Waals surface area contributed by atoms with Gasteiger partial charge in [0.25, 0.3) is 0 Å². The van der Waals surface area contributed by atoms with Crippen molar-refractivity contribution in [2.24, 2.45) is 0 Å². The highest BCUT2D eigenvalue weighted by molar-refractivity contribution is 7.05. The third-order valence-electron chi connectivity index (χ3n) is 2.84. The standard InChI is InChI=1S/C13H14F3N3S/c1-2-7-17-12(11-8-18-19-20-11)9-5-3-4-6-10(9)13(14,15)16/h3-6,8,12,17H,2,7H2,1H3. The fraction of sp³-hybridized carbons (Fsp3) is 0.385. The lowest BCUT2D eigenvalue weighted by Gasteiger charge is -2.21. The van der Waals surface area contributed by atoms with E-state index < -0.39 is 17.8 Å². The Kier molecular flexibility index (Phi) is 4.72. The molecule has 1 aromatic carbocycles. The topological polar surface area (TPSA) is 37.8 Å². The van der Waals surface area contributed by atoms with Crippen LogP contribution in [0.2, 0.25) is 0 Å². The number of aromatic nitrogens is 2. The first kappa shape index (κ1) is 14.9. The van der Waals surface area contributed by atoms with Crippen molar-refractivity contribution in [2.75, 3.05) is 6.54 Å². The minimum atomic E-state index is -4.37. The van der Waals surface area contributed by atoms with Gasteiger partial charge in [-0.25, -0.2) is 0 Å². The molecular formula is C13H14F3N3S. The number of nitrogens with one attached hydrogen (secondary N) is 1. The molecule has 0 amide bonds. The van der Waals surface area contributed by atoms with Gasteiger partial charge >= 0.3 is 6.18 Å². The van der Waals surface area contributed by atoms with Crippen LogP contribution >= 0.6 is 11.5 Å². The molecule has 0 fully saturated rings. The van der Waals surface area contributed by atoms with Crippen LogP contribution < -0.4 is 5.32 Å². The highest BCUT2D eigenvalue weighted by Crippen LogP contribution is 2.36. The fourth-order valence-corrected chi connectivity index (χ4v) is 2.56. The van der Waals surface area contributed by atoms with Gasteiger partial charge in [0.1, 0.15) is 0 Å². The van der Waals surface area contributed by atoms with E-state index in [-0.39, 0.29) is 5.56 Å². The second kappa shape index (κ2) is 6.32. The first-order valence-corrected chi connectivity index (χ1v) is 6.98. The molecule has 1 aromatic heterocycles. The quantitative estimate of drug-likeness (QED) is 0.916. The van der Waals surface area contributed by atoms with Gasteiger partial charge < -0.3 is 5.32 Å². The molecule has 7 heteroatoms. The van der Waals surface area contributed by atoms with Crippen LogP contribution in [-0.2, 0) is 6.18 Å². The second-order valence-corrected chi connectivity index (χ2v) is 5.11. The molecule has 108 valence electrons. The second-order valence-electron chi connectivity index (χ2n) is 4.29. The molecule has 0 saturated heterocycles. The number of halogens is 3. The van der Waals surface area contributed by atoms with Gasteiger partial charge in [0.15, 0.2) is 0 Å². The van der Waals surface area contributed by atoms with Crippen LogP contribution in [-0.4, -0.2) is 16.1 Å². The molecule has 0 spiro atoms. The van der Waals surface area contributed by atoms with E-state index in [9.17, 15) is 13.2 Å². The number of hydrogen-bond donors (Lipinski definition) is 1. The summed E-state index contributed by atoms with van der Waals surface area (Å²) in [5.74, 6) is 0. The maximum Gasteiger partial charge on any atom is 0.416 e. The average molecular weight is 301 g/mol. The third kappa shape index (κ3) is 3.34. The highest BCUT2D eigenvalue weighted by atomic mass is 32.1. The Morgan fingerprint density at radius 1 is 1.30 bits per heavy atom. The summed E-state index contributed by atoms with van der Waals surface area (Å²) in [4.78, 5) is 0.676. The molecule has 0 aliphatic rings. The molecule has 0 saturated carbocycles. The summed E-state index contributed by atoms with van der Waals surface area (Å²) in [5, 5.41) is 6.85. The van der Waals surface area contributed by atoms with E-state index in [4.69, 9.17) is 0 Å². The van der Waals surface area contributed by atoms with E-state index in [0.29, 0.717) is 11.4 Å². The van der Waals surface area contributed by atoms with E-state index in [1.165, 1.54) is 18.3 Å². The van der Waals surface area contributed by atoms with Crippen LogP contribution in [0.3, 0.4) is 0 Å². The predicted molar refractivity (Wildman–Crippen MR) is 71.5 cm³/mol. The van der Waals surface area contributed by atoms with Crippen LogP contribution in [0, 0.1) is 0 Å². The summed E-state index contributed by atoms with van der Waals surface area (Å²) < 4.78 is 43.1. The Labute approximate surface area is 119 Å². The minimum absolute atomic E-state index is 0.208. The van der Waals surface area contributed by atoms with E-state index in [0.717, 1.165) is 24.0 Å². The van der Waals surface area contributed by atoms with Crippen LogP contribution in [0.25, 0.3) is 0 Å². The van der Waals surface area contributed by atoms with Crippen molar-refractivity contribution in [3.8, 4) is 0 Å². The van der Waals surface area contributed by atoms with Gasteiger partial charge in [-0.05, 0) is 36.1 Å². The highest BCUT2D eigenvalue weighted by Gasteiger charge is 2.35. The third-order valence-corrected chi connectivity index (χ3v) is 3.57.